The van der Waals surface area contributed by atoms with E-state index in [0.717, 1.165) is 17.5 Å². The Balaban J connectivity index is 1.61. The monoisotopic (exact) mass is 685 g/mol. The summed E-state index contributed by atoms with van der Waals surface area (Å²) in [6.07, 6.45) is 5.73. The van der Waals surface area contributed by atoms with E-state index < -0.39 is 41.8 Å². The molecular formula is C36H39N5O7S. The predicted molar refractivity (Wildman–Crippen MR) is 184 cm³/mol. The van der Waals surface area contributed by atoms with Crippen molar-refractivity contribution < 1.29 is 33.3 Å². The Morgan fingerprint density at radius 1 is 1.04 bits per heavy atom. The normalized spacial score (nSPS) is 20.9. The molecule has 0 saturated carbocycles. The summed E-state index contributed by atoms with van der Waals surface area (Å²) in [5.74, 6) is -1.78. The van der Waals surface area contributed by atoms with Gasteiger partial charge >= 0.3 is 17.9 Å². The number of rotatable bonds is 11. The molecule has 0 unspecified atom stereocenters. The zero-order valence-electron chi connectivity index (χ0n) is 28.2. The molecule has 0 aliphatic carbocycles. The van der Waals surface area contributed by atoms with Crippen molar-refractivity contribution in [3.8, 4) is 0 Å². The number of anilines is 1. The quantitative estimate of drug-likeness (QED) is 0.0668. The molecule has 0 amide bonds. The molecule has 0 spiro atoms. The first-order valence-electron chi connectivity index (χ1n) is 15.8. The SMILES string of the molecule is C/C=C(\C=C/CC)C(=O)OC[C@H]1O[C@@H](c2ncc3c(SC)nc(N)nn23)[C@](C)(OC(=O)c2ccc(C)cc2)[C@@H]1OC(=O)c1ccc(C)cc1. The van der Waals surface area contributed by atoms with Gasteiger partial charge in [0.2, 0.25) is 5.95 Å². The van der Waals surface area contributed by atoms with Gasteiger partial charge in [-0.1, -0.05) is 60.5 Å². The zero-order chi connectivity index (χ0) is 35.3. The van der Waals surface area contributed by atoms with Crippen LogP contribution in [-0.4, -0.2) is 68.2 Å². The van der Waals surface area contributed by atoms with Crippen LogP contribution < -0.4 is 5.73 Å². The highest BCUT2D eigenvalue weighted by atomic mass is 32.2. The average Bonchev–Trinajstić information content (AvgIpc) is 3.61. The highest BCUT2D eigenvalue weighted by Gasteiger charge is 2.61. The second kappa shape index (κ2) is 15.0. The van der Waals surface area contributed by atoms with Crippen molar-refractivity contribution in [3.63, 3.8) is 0 Å². The fourth-order valence-electron chi connectivity index (χ4n) is 5.46. The lowest BCUT2D eigenvalue weighted by molar-refractivity contribution is -0.144. The number of nitrogens with two attached hydrogens (primary N) is 1. The number of carbonyl (C=O) groups is 3. The van der Waals surface area contributed by atoms with Gasteiger partial charge in [-0.2, -0.15) is 0 Å². The molecule has 1 aliphatic rings. The maximum absolute atomic E-state index is 13.8. The number of thioether (sulfide) groups is 1. The van der Waals surface area contributed by atoms with Gasteiger partial charge < -0.3 is 24.7 Å². The van der Waals surface area contributed by atoms with Crippen LogP contribution in [0.1, 0.15) is 71.0 Å². The number of nitrogen functional groups attached to an aromatic ring is 1. The smallest absolute Gasteiger partial charge is 0.338 e. The van der Waals surface area contributed by atoms with E-state index in [4.69, 9.17) is 24.7 Å². The second-order valence-corrected chi connectivity index (χ2v) is 12.5. The number of nitrogens with zero attached hydrogens (tertiary/aromatic N) is 4. The van der Waals surface area contributed by atoms with Gasteiger partial charge in [-0.25, -0.2) is 28.9 Å². The third kappa shape index (κ3) is 7.52. The van der Waals surface area contributed by atoms with E-state index in [1.54, 1.807) is 80.7 Å². The summed E-state index contributed by atoms with van der Waals surface area (Å²) >= 11 is 1.35. The van der Waals surface area contributed by atoms with Gasteiger partial charge in [0.25, 0.3) is 0 Å². The molecule has 13 heteroatoms. The molecule has 1 aliphatic heterocycles. The van der Waals surface area contributed by atoms with Crippen molar-refractivity contribution in [2.24, 2.45) is 0 Å². The van der Waals surface area contributed by atoms with Crippen LogP contribution >= 0.6 is 11.8 Å². The molecule has 4 atom stereocenters. The topological polar surface area (TPSA) is 157 Å². The van der Waals surface area contributed by atoms with E-state index in [9.17, 15) is 14.4 Å². The first-order valence-corrected chi connectivity index (χ1v) is 17.0. The van der Waals surface area contributed by atoms with Crippen molar-refractivity contribution >= 4 is 41.1 Å². The number of benzene rings is 2. The number of fused-ring (bicyclic) bond motifs is 1. The Morgan fingerprint density at radius 2 is 1.67 bits per heavy atom. The van der Waals surface area contributed by atoms with Crippen molar-refractivity contribution in [1.82, 2.24) is 19.6 Å². The van der Waals surface area contributed by atoms with Crippen LogP contribution in [0, 0.1) is 13.8 Å². The van der Waals surface area contributed by atoms with Crippen LogP contribution in [0.4, 0.5) is 5.95 Å². The maximum atomic E-state index is 13.8. The van der Waals surface area contributed by atoms with Crippen LogP contribution in [0.25, 0.3) is 5.52 Å². The van der Waals surface area contributed by atoms with Crippen LogP contribution in [0.2, 0.25) is 0 Å². The number of aromatic nitrogens is 4. The third-order valence-electron chi connectivity index (χ3n) is 8.14. The first kappa shape index (κ1) is 35.3. The number of carbonyl (C=O) groups excluding carboxylic acids is 3. The number of allylic oxidation sites excluding steroid dienone is 2. The Morgan fingerprint density at radius 3 is 2.27 bits per heavy atom. The van der Waals surface area contributed by atoms with E-state index in [2.05, 4.69) is 15.1 Å². The fraction of sp³-hybridized carbons (Fsp3) is 0.333. The lowest BCUT2D eigenvalue weighted by Gasteiger charge is -2.34. The molecule has 2 aromatic carbocycles. The molecular weight excluding hydrogens is 646 g/mol. The minimum atomic E-state index is -1.72. The highest BCUT2D eigenvalue weighted by Crippen LogP contribution is 2.46. The summed E-state index contributed by atoms with van der Waals surface area (Å²) in [5, 5.41) is 4.95. The molecule has 1 saturated heterocycles. The fourth-order valence-corrected chi connectivity index (χ4v) is 6.00. The summed E-state index contributed by atoms with van der Waals surface area (Å²) in [6, 6.07) is 13.7. The van der Waals surface area contributed by atoms with Crippen molar-refractivity contribution in [2.45, 2.75) is 70.0 Å². The summed E-state index contributed by atoms with van der Waals surface area (Å²) < 4.78 is 26.2. The van der Waals surface area contributed by atoms with E-state index in [1.807, 2.05) is 33.1 Å². The maximum Gasteiger partial charge on any atom is 0.338 e. The summed E-state index contributed by atoms with van der Waals surface area (Å²) in [6.45, 7) is 8.74. The number of hydrogen-bond acceptors (Lipinski definition) is 12. The van der Waals surface area contributed by atoms with Gasteiger partial charge in [0.05, 0.1) is 22.9 Å². The number of ether oxygens (including phenoxy) is 4. The van der Waals surface area contributed by atoms with Gasteiger partial charge in [0.1, 0.15) is 23.3 Å². The Labute approximate surface area is 288 Å². The summed E-state index contributed by atoms with van der Waals surface area (Å²) in [4.78, 5) is 49.5. The second-order valence-electron chi connectivity index (χ2n) is 11.7. The van der Waals surface area contributed by atoms with E-state index in [1.165, 1.54) is 16.3 Å². The predicted octanol–water partition coefficient (Wildman–Crippen LogP) is 5.78. The van der Waals surface area contributed by atoms with Gasteiger partial charge in [0.15, 0.2) is 23.6 Å². The molecule has 2 N–H and O–H groups in total. The number of hydrogen-bond donors (Lipinski definition) is 1. The molecule has 2 aromatic heterocycles. The van der Waals surface area contributed by atoms with Gasteiger partial charge in [-0.15, -0.1) is 16.9 Å². The zero-order valence-corrected chi connectivity index (χ0v) is 29.0. The lowest BCUT2D eigenvalue weighted by atomic mass is 9.91. The number of imidazole rings is 1. The van der Waals surface area contributed by atoms with Crippen LogP contribution in [0.5, 0.6) is 0 Å². The largest absolute Gasteiger partial charge is 0.459 e. The minimum Gasteiger partial charge on any atom is -0.459 e. The third-order valence-corrected chi connectivity index (χ3v) is 8.83. The highest BCUT2D eigenvalue weighted by molar-refractivity contribution is 7.98. The van der Waals surface area contributed by atoms with Crippen molar-refractivity contribution in [3.05, 3.63) is 107 Å². The van der Waals surface area contributed by atoms with Gasteiger partial charge in [-0.05, 0) is 64.6 Å². The molecule has 5 rings (SSSR count). The van der Waals surface area contributed by atoms with E-state index in [0.29, 0.717) is 16.1 Å². The molecule has 12 nitrogen and oxygen atoms in total. The average molecular weight is 686 g/mol. The standard InChI is InChI=1S/C36H39N5O7S/c1-7-9-10-23(8-2)32(42)45-20-27-28(47-33(43)24-15-11-21(3)12-16-24)36(5,48-34(44)25-17-13-22(4)14-18-25)29(46-27)30-38-19-26-31(49-6)39-35(37)40-41(26)30/h8-19,27-29H,7,20H2,1-6H3,(H2,37,40)/b10-9-,23-8+/t27-,28-,29+,36-/m1/s1. The summed E-state index contributed by atoms with van der Waals surface area (Å²) in [7, 11) is 0. The Hall–Kier alpha value is -5.01. The van der Waals surface area contributed by atoms with Crippen LogP contribution in [0.15, 0.2) is 83.6 Å². The molecule has 1 fully saturated rings. The molecule has 256 valence electrons. The Bertz CT molecular complexity index is 1910. The number of aryl methyl sites for hydroxylation is 2. The molecule has 4 aromatic rings. The van der Waals surface area contributed by atoms with Crippen LogP contribution in [-0.2, 0) is 23.7 Å². The van der Waals surface area contributed by atoms with Crippen molar-refractivity contribution in [1.29, 1.82) is 0 Å². The lowest BCUT2D eigenvalue weighted by Crippen LogP contribution is -2.50. The van der Waals surface area contributed by atoms with E-state index >= 15 is 0 Å². The molecule has 49 heavy (non-hydrogen) atoms. The van der Waals surface area contributed by atoms with Gasteiger partial charge in [0, 0.05) is 0 Å². The Kier molecular flexibility index (Phi) is 10.8. The molecule has 0 bridgehead atoms. The van der Waals surface area contributed by atoms with Crippen molar-refractivity contribution in [2.75, 3.05) is 18.6 Å². The summed E-state index contributed by atoms with van der Waals surface area (Å²) in [5.41, 5.74) is 7.69. The van der Waals surface area contributed by atoms with Gasteiger partial charge in [-0.3, -0.25) is 0 Å². The number of esters is 3. The first-order chi connectivity index (χ1) is 23.5. The van der Waals surface area contributed by atoms with E-state index in [-0.39, 0.29) is 29.5 Å². The minimum absolute atomic E-state index is 0.0145. The molecule has 0 radical (unpaired) electrons. The van der Waals surface area contributed by atoms with Crippen LogP contribution in [0.3, 0.4) is 0 Å². The molecule has 3 heterocycles.